The summed E-state index contributed by atoms with van der Waals surface area (Å²) in [5.74, 6) is -0.943. The fraction of sp³-hybridized carbons (Fsp3) is 0.588. The quantitative estimate of drug-likeness (QED) is 0.566. The van der Waals surface area contributed by atoms with Crippen molar-refractivity contribution in [3.05, 3.63) is 23.8 Å². The molecule has 1 saturated heterocycles. The zero-order valence-electron chi connectivity index (χ0n) is 15.4. The molecule has 0 aromatic heterocycles. The van der Waals surface area contributed by atoms with Gasteiger partial charge in [-0.3, -0.25) is 9.69 Å². The molecule has 148 valence electrons. The summed E-state index contributed by atoms with van der Waals surface area (Å²) < 4.78 is 28.3. The Bertz CT molecular complexity index is 885. The highest BCUT2D eigenvalue weighted by Crippen LogP contribution is 2.44. The van der Waals surface area contributed by atoms with Crippen LogP contribution >= 0.6 is 11.8 Å². The molecule has 8 nitrogen and oxygen atoms in total. The fourth-order valence-electron chi connectivity index (χ4n) is 3.52. The highest BCUT2D eigenvalue weighted by Gasteiger charge is 2.46. The van der Waals surface area contributed by atoms with Gasteiger partial charge in [0.15, 0.2) is 0 Å². The van der Waals surface area contributed by atoms with E-state index in [9.17, 15) is 18.3 Å². The summed E-state index contributed by atoms with van der Waals surface area (Å²) in [4.78, 5) is 14.7. The minimum atomic E-state index is -3.68. The maximum Gasteiger partial charge on any atom is 0.241 e. The molecule has 0 spiro atoms. The number of anilines is 1. The van der Waals surface area contributed by atoms with Crippen LogP contribution in [0, 0.1) is 0 Å². The van der Waals surface area contributed by atoms with Crippen LogP contribution in [-0.2, 0) is 14.8 Å². The second-order valence-corrected chi connectivity index (χ2v) is 10.8. The first-order valence-corrected chi connectivity index (χ1v) is 11.4. The van der Waals surface area contributed by atoms with Gasteiger partial charge in [0, 0.05) is 5.54 Å². The van der Waals surface area contributed by atoms with Crippen molar-refractivity contribution in [1.29, 1.82) is 0 Å². The summed E-state index contributed by atoms with van der Waals surface area (Å²) in [5, 5.41) is 10.2. The van der Waals surface area contributed by atoms with Gasteiger partial charge in [0.2, 0.25) is 15.9 Å². The molecule has 1 aromatic carbocycles. The van der Waals surface area contributed by atoms with Gasteiger partial charge in [-0.15, -0.1) is 0 Å². The Kier molecular flexibility index (Phi) is 4.56. The highest BCUT2D eigenvalue weighted by molar-refractivity contribution is 8.00. The number of carbonyl (C=O) groups is 1. The van der Waals surface area contributed by atoms with E-state index in [2.05, 4.69) is 15.6 Å². The molecule has 0 bridgehead atoms. The van der Waals surface area contributed by atoms with E-state index >= 15 is 0 Å². The summed E-state index contributed by atoms with van der Waals surface area (Å²) in [6.45, 7) is 5.42. The van der Waals surface area contributed by atoms with Crippen LogP contribution < -0.4 is 20.5 Å². The molecule has 3 aliphatic rings. The van der Waals surface area contributed by atoms with Crippen molar-refractivity contribution in [2.75, 3.05) is 4.90 Å². The van der Waals surface area contributed by atoms with E-state index in [1.165, 1.54) is 23.9 Å². The number of nitrogens with zero attached hydrogens (tertiary/aromatic N) is 1. The number of thioether (sulfide) groups is 1. The number of fused-ring (bicyclic) bond motifs is 1. The number of rotatable bonds is 5. The molecule has 1 amide bonds. The number of hydrogen-bond donors (Lipinski definition) is 4. The van der Waals surface area contributed by atoms with Gasteiger partial charge in [-0.25, -0.2) is 24.0 Å². The predicted octanol–water partition coefficient (Wildman–Crippen LogP) is 0.799. The molecular weight excluding hydrogens is 388 g/mol. The maximum atomic E-state index is 13.0. The summed E-state index contributed by atoms with van der Waals surface area (Å²) >= 11 is 1.51. The van der Waals surface area contributed by atoms with Gasteiger partial charge >= 0.3 is 0 Å². The monoisotopic (exact) mass is 412 g/mol. The van der Waals surface area contributed by atoms with E-state index in [1.54, 1.807) is 17.9 Å². The second-order valence-electron chi connectivity index (χ2n) is 7.73. The van der Waals surface area contributed by atoms with Gasteiger partial charge in [-0.2, -0.15) is 0 Å². The predicted molar refractivity (Wildman–Crippen MR) is 103 cm³/mol. The molecule has 2 aliphatic heterocycles. The number of aliphatic hydroxyl groups is 1. The van der Waals surface area contributed by atoms with E-state index in [0.717, 1.165) is 12.8 Å². The summed E-state index contributed by atoms with van der Waals surface area (Å²) in [6.07, 6.45) is 0.764. The standard InChI is InChI=1S/C17H24N4O4S2/c1-9(22)14-12-5-4-11(27(24,25)20-17(3)6-7-17)8-13(12)21(15(14)23)16-19-18-10(2)26-16/h4-5,8-10,14,16,18-20,22H,6-7H2,1-3H3. The van der Waals surface area contributed by atoms with E-state index in [0.29, 0.717) is 11.3 Å². The Hall–Kier alpha value is -1.17. The summed E-state index contributed by atoms with van der Waals surface area (Å²) in [7, 11) is -3.68. The third-order valence-corrected chi connectivity index (χ3v) is 8.00. The topological polar surface area (TPSA) is 111 Å². The average Bonchev–Trinajstić information content (AvgIpc) is 3.00. The molecule has 2 fully saturated rings. The number of benzene rings is 1. The Morgan fingerprint density at radius 2 is 2.07 bits per heavy atom. The Balaban J connectivity index is 1.75. The van der Waals surface area contributed by atoms with Crippen LogP contribution in [0.15, 0.2) is 23.1 Å². The zero-order chi connectivity index (χ0) is 19.6. The lowest BCUT2D eigenvalue weighted by Crippen LogP contribution is -2.46. The lowest BCUT2D eigenvalue weighted by atomic mass is 9.96. The molecule has 10 heteroatoms. The van der Waals surface area contributed by atoms with Gasteiger partial charge in [0.25, 0.3) is 0 Å². The maximum absolute atomic E-state index is 13.0. The van der Waals surface area contributed by atoms with Gasteiger partial charge in [0.1, 0.15) is 5.50 Å². The lowest BCUT2D eigenvalue weighted by molar-refractivity contribution is -0.121. The molecule has 27 heavy (non-hydrogen) atoms. The molecular formula is C17H24N4O4S2. The zero-order valence-corrected chi connectivity index (χ0v) is 17.0. The second kappa shape index (κ2) is 6.43. The van der Waals surface area contributed by atoms with Crippen LogP contribution in [0.4, 0.5) is 5.69 Å². The molecule has 4 N–H and O–H groups in total. The van der Waals surface area contributed by atoms with E-state index < -0.39 is 22.0 Å². The molecule has 1 aromatic rings. The van der Waals surface area contributed by atoms with Crippen LogP contribution in [0.5, 0.6) is 0 Å². The minimum Gasteiger partial charge on any atom is -0.392 e. The number of hydrogen-bond acceptors (Lipinski definition) is 7. The molecule has 4 atom stereocenters. The van der Waals surface area contributed by atoms with E-state index in [4.69, 9.17) is 0 Å². The average molecular weight is 413 g/mol. The summed E-state index contributed by atoms with van der Waals surface area (Å²) in [5.41, 5.74) is 6.53. The number of nitrogens with one attached hydrogen (secondary N) is 3. The first kappa shape index (κ1) is 19.2. The van der Waals surface area contributed by atoms with Gasteiger partial charge < -0.3 is 5.11 Å². The molecule has 4 rings (SSSR count). The Labute approximate surface area is 163 Å². The number of amides is 1. The van der Waals surface area contributed by atoms with Crippen molar-refractivity contribution in [3.63, 3.8) is 0 Å². The first-order chi connectivity index (χ1) is 12.6. The number of aliphatic hydroxyl groups excluding tert-OH is 1. The Morgan fingerprint density at radius 3 is 2.63 bits per heavy atom. The Morgan fingerprint density at radius 1 is 1.37 bits per heavy atom. The third-order valence-electron chi connectivity index (χ3n) is 5.25. The van der Waals surface area contributed by atoms with Crippen LogP contribution in [0.3, 0.4) is 0 Å². The van der Waals surface area contributed by atoms with Crippen molar-refractivity contribution >= 4 is 33.4 Å². The highest BCUT2D eigenvalue weighted by atomic mass is 32.2. The first-order valence-electron chi connectivity index (χ1n) is 8.97. The third kappa shape index (κ3) is 3.39. The minimum absolute atomic E-state index is 0.0975. The number of hydrazine groups is 1. The van der Waals surface area contributed by atoms with E-state index in [-0.39, 0.29) is 27.2 Å². The summed E-state index contributed by atoms with van der Waals surface area (Å²) in [6, 6.07) is 4.69. The van der Waals surface area contributed by atoms with Crippen LogP contribution in [0.2, 0.25) is 0 Å². The van der Waals surface area contributed by atoms with Crippen molar-refractivity contribution in [2.45, 2.75) is 66.9 Å². The van der Waals surface area contributed by atoms with Gasteiger partial charge in [-0.1, -0.05) is 17.8 Å². The van der Waals surface area contributed by atoms with Crippen molar-refractivity contribution in [1.82, 2.24) is 15.6 Å². The normalized spacial score (nSPS) is 30.4. The van der Waals surface area contributed by atoms with Crippen LogP contribution in [0.25, 0.3) is 0 Å². The van der Waals surface area contributed by atoms with Crippen LogP contribution in [0.1, 0.15) is 45.1 Å². The van der Waals surface area contributed by atoms with Crippen LogP contribution in [-0.4, -0.2) is 41.9 Å². The molecule has 4 unspecified atom stereocenters. The van der Waals surface area contributed by atoms with Crippen molar-refractivity contribution in [3.8, 4) is 0 Å². The van der Waals surface area contributed by atoms with Gasteiger partial charge in [-0.05, 0) is 51.3 Å². The van der Waals surface area contributed by atoms with Crippen molar-refractivity contribution < 1.29 is 18.3 Å². The SMILES string of the molecule is CC1NNC(N2C(=O)C(C(C)O)c3ccc(S(=O)(=O)NC4(C)CC4)cc32)S1. The number of carbonyl (C=O) groups excluding carboxylic acids is 1. The van der Waals surface area contributed by atoms with Crippen molar-refractivity contribution in [2.24, 2.45) is 0 Å². The molecule has 0 radical (unpaired) electrons. The van der Waals surface area contributed by atoms with Gasteiger partial charge in [0.05, 0.1) is 28.0 Å². The molecule has 1 saturated carbocycles. The molecule has 2 heterocycles. The fourth-order valence-corrected chi connectivity index (χ4v) is 6.00. The van der Waals surface area contributed by atoms with E-state index in [1.807, 2.05) is 13.8 Å². The molecule has 1 aliphatic carbocycles. The lowest BCUT2D eigenvalue weighted by Gasteiger charge is -2.25. The largest absolute Gasteiger partial charge is 0.392 e. The number of sulfonamides is 1. The smallest absolute Gasteiger partial charge is 0.241 e.